The number of fused-ring (bicyclic) bond motifs is 1. The highest BCUT2D eigenvalue weighted by atomic mass is 16.5. The molecule has 0 saturated heterocycles. The lowest BCUT2D eigenvalue weighted by Crippen LogP contribution is -2.38. The van der Waals surface area contributed by atoms with Crippen molar-refractivity contribution in [3.05, 3.63) is 34.9 Å². The van der Waals surface area contributed by atoms with Gasteiger partial charge in [0.2, 0.25) is 5.91 Å². The Morgan fingerprint density at radius 3 is 2.85 bits per heavy atom. The van der Waals surface area contributed by atoms with Gasteiger partial charge in [-0.2, -0.15) is 0 Å². The molecule has 2 rings (SSSR count). The van der Waals surface area contributed by atoms with Crippen molar-refractivity contribution in [2.45, 2.75) is 13.1 Å². The van der Waals surface area contributed by atoms with E-state index in [4.69, 9.17) is 4.74 Å². The van der Waals surface area contributed by atoms with Crippen LogP contribution in [0.3, 0.4) is 0 Å². The quantitative estimate of drug-likeness (QED) is 0.628. The van der Waals surface area contributed by atoms with Crippen LogP contribution >= 0.6 is 0 Å². The Bertz CT molecular complexity index is 502. The third-order valence-corrected chi connectivity index (χ3v) is 3.14. The third kappa shape index (κ3) is 3.79. The molecular weight excluding hydrogens is 258 g/mol. The molecule has 0 bridgehead atoms. The van der Waals surface area contributed by atoms with E-state index in [0.29, 0.717) is 18.7 Å². The molecule has 0 aromatic heterocycles. The lowest BCUT2D eigenvalue weighted by atomic mass is 10.1. The number of carbonyl (C=O) groups is 2. The van der Waals surface area contributed by atoms with E-state index in [0.717, 1.165) is 18.7 Å². The first-order valence-corrected chi connectivity index (χ1v) is 6.57. The largest absolute Gasteiger partial charge is 0.383 e. The Hall–Kier alpha value is -1.92. The van der Waals surface area contributed by atoms with E-state index in [1.54, 1.807) is 13.2 Å². The van der Waals surface area contributed by atoms with Crippen molar-refractivity contribution in [3.63, 3.8) is 0 Å². The van der Waals surface area contributed by atoms with E-state index in [-0.39, 0.29) is 18.4 Å². The highest BCUT2D eigenvalue weighted by Crippen LogP contribution is 2.16. The molecular formula is C14H19N3O3. The molecule has 0 spiro atoms. The minimum absolute atomic E-state index is 0.0299. The first kappa shape index (κ1) is 14.5. The average molecular weight is 277 g/mol. The lowest BCUT2D eigenvalue weighted by molar-refractivity contribution is -0.120. The van der Waals surface area contributed by atoms with Gasteiger partial charge in [-0.3, -0.25) is 9.59 Å². The van der Waals surface area contributed by atoms with Crippen molar-refractivity contribution in [3.8, 4) is 0 Å². The maximum atomic E-state index is 11.9. The van der Waals surface area contributed by atoms with Gasteiger partial charge in [0.05, 0.1) is 13.2 Å². The van der Waals surface area contributed by atoms with E-state index in [2.05, 4.69) is 16.0 Å². The van der Waals surface area contributed by atoms with Crippen LogP contribution < -0.4 is 16.0 Å². The topological polar surface area (TPSA) is 79.5 Å². The van der Waals surface area contributed by atoms with Crippen molar-refractivity contribution in [1.29, 1.82) is 0 Å². The highest BCUT2D eigenvalue weighted by molar-refractivity contribution is 5.96. The van der Waals surface area contributed by atoms with Crippen LogP contribution in [-0.4, -0.2) is 38.6 Å². The summed E-state index contributed by atoms with van der Waals surface area (Å²) < 4.78 is 4.82. The van der Waals surface area contributed by atoms with Gasteiger partial charge in [-0.05, 0) is 23.3 Å². The van der Waals surface area contributed by atoms with Crippen LogP contribution in [0, 0.1) is 0 Å². The summed E-state index contributed by atoms with van der Waals surface area (Å²) >= 11 is 0. The molecule has 1 aliphatic rings. The fourth-order valence-corrected chi connectivity index (χ4v) is 2.05. The molecule has 0 unspecified atom stereocenters. The van der Waals surface area contributed by atoms with Gasteiger partial charge in [-0.25, -0.2) is 0 Å². The Morgan fingerprint density at radius 2 is 2.05 bits per heavy atom. The molecule has 0 radical (unpaired) electrons. The van der Waals surface area contributed by atoms with Gasteiger partial charge in [0, 0.05) is 32.3 Å². The SMILES string of the molecule is COCCNC(=O)CNC(=O)c1ccc2c(c1)CNC2. The van der Waals surface area contributed by atoms with E-state index in [9.17, 15) is 9.59 Å². The van der Waals surface area contributed by atoms with Gasteiger partial charge in [0.1, 0.15) is 0 Å². The van der Waals surface area contributed by atoms with Crippen molar-refractivity contribution in [2.24, 2.45) is 0 Å². The second-order valence-electron chi connectivity index (χ2n) is 4.61. The second-order valence-corrected chi connectivity index (χ2v) is 4.61. The number of rotatable bonds is 6. The van der Waals surface area contributed by atoms with Crippen molar-refractivity contribution in [2.75, 3.05) is 26.8 Å². The number of amides is 2. The number of carbonyl (C=O) groups excluding carboxylic acids is 2. The predicted octanol–water partition coefficient (Wildman–Crippen LogP) is -0.218. The predicted molar refractivity (Wildman–Crippen MR) is 74.2 cm³/mol. The monoisotopic (exact) mass is 277 g/mol. The second kappa shape index (κ2) is 7.02. The highest BCUT2D eigenvalue weighted by Gasteiger charge is 2.13. The van der Waals surface area contributed by atoms with Gasteiger partial charge < -0.3 is 20.7 Å². The average Bonchev–Trinajstić information content (AvgIpc) is 2.92. The number of benzene rings is 1. The van der Waals surface area contributed by atoms with Crippen LogP contribution in [-0.2, 0) is 22.6 Å². The number of methoxy groups -OCH3 is 1. The summed E-state index contributed by atoms with van der Waals surface area (Å²) in [5.74, 6) is -0.459. The van der Waals surface area contributed by atoms with Crippen LogP contribution in [0.4, 0.5) is 0 Å². The van der Waals surface area contributed by atoms with Gasteiger partial charge in [0.15, 0.2) is 0 Å². The summed E-state index contributed by atoms with van der Waals surface area (Å²) in [4.78, 5) is 23.4. The van der Waals surface area contributed by atoms with E-state index < -0.39 is 0 Å². The van der Waals surface area contributed by atoms with Gasteiger partial charge in [-0.15, -0.1) is 0 Å². The summed E-state index contributed by atoms with van der Waals surface area (Å²) in [7, 11) is 1.57. The van der Waals surface area contributed by atoms with Crippen LogP contribution in [0.1, 0.15) is 21.5 Å². The fraction of sp³-hybridized carbons (Fsp3) is 0.429. The zero-order valence-corrected chi connectivity index (χ0v) is 11.5. The third-order valence-electron chi connectivity index (χ3n) is 3.14. The Morgan fingerprint density at radius 1 is 1.25 bits per heavy atom. The molecule has 1 aliphatic heterocycles. The van der Waals surface area contributed by atoms with Gasteiger partial charge in [0.25, 0.3) is 5.91 Å². The maximum Gasteiger partial charge on any atom is 0.251 e. The summed E-state index contributed by atoms with van der Waals surface area (Å²) in [6.07, 6.45) is 0. The zero-order valence-electron chi connectivity index (χ0n) is 11.5. The number of hydrogen-bond donors (Lipinski definition) is 3. The molecule has 0 saturated carbocycles. The molecule has 0 fully saturated rings. The molecule has 3 N–H and O–H groups in total. The maximum absolute atomic E-state index is 11.9. The summed E-state index contributed by atoms with van der Waals surface area (Å²) in [5, 5.41) is 8.47. The molecule has 6 nitrogen and oxygen atoms in total. The lowest BCUT2D eigenvalue weighted by Gasteiger charge is -2.07. The first-order valence-electron chi connectivity index (χ1n) is 6.57. The van der Waals surface area contributed by atoms with Crippen LogP contribution in [0.15, 0.2) is 18.2 Å². The Labute approximate surface area is 117 Å². The van der Waals surface area contributed by atoms with E-state index >= 15 is 0 Å². The van der Waals surface area contributed by atoms with Gasteiger partial charge in [-0.1, -0.05) is 6.07 Å². The number of ether oxygens (including phenoxy) is 1. The standard InChI is InChI=1S/C14H19N3O3/c1-20-5-4-16-13(18)9-17-14(19)10-2-3-11-7-15-8-12(11)6-10/h2-3,6,15H,4-5,7-9H2,1H3,(H,16,18)(H,17,19). The molecule has 1 aromatic rings. The summed E-state index contributed by atoms with van der Waals surface area (Å²) in [5.41, 5.74) is 2.94. The number of hydrogen-bond acceptors (Lipinski definition) is 4. The van der Waals surface area contributed by atoms with Crippen LogP contribution in [0.2, 0.25) is 0 Å². The molecule has 1 aromatic carbocycles. The number of nitrogens with one attached hydrogen (secondary N) is 3. The van der Waals surface area contributed by atoms with Crippen molar-refractivity contribution in [1.82, 2.24) is 16.0 Å². The molecule has 6 heteroatoms. The summed E-state index contributed by atoms with van der Waals surface area (Å²) in [6, 6.07) is 5.60. The van der Waals surface area contributed by atoms with Crippen LogP contribution in [0.5, 0.6) is 0 Å². The van der Waals surface area contributed by atoms with Crippen molar-refractivity contribution >= 4 is 11.8 Å². The normalized spacial score (nSPS) is 12.8. The molecule has 20 heavy (non-hydrogen) atoms. The molecule has 2 amide bonds. The fourth-order valence-electron chi connectivity index (χ4n) is 2.05. The minimum Gasteiger partial charge on any atom is -0.383 e. The zero-order chi connectivity index (χ0) is 14.4. The van der Waals surface area contributed by atoms with E-state index in [1.165, 1.54) is 5.56 Å². The first-order chi connectivity index (χ1) is 9.70. The molecule has 0 atom stereocenters. The Balaban J connectivity index is 1.81. The van der Waals surface area contributed by atoms with Crippen LogP contribution in [0.25, 0.3) is 0 Å². The van der Waals surface area contributed by atoms with Gasteiger partial charge >= 0.3 is 0 Å². The minimum atomic E-state index is -0.235. The molecule has 108 valence electrons. The van der Waals surface area contributed by atoms with E-state index in [1.807, 2.05) is 12.1 Å². The van der Waals surface area contributed by atoms with Crippen molar-refractivity contribution < 1.29 is 14.3 Å². The smallest absolute Gasteiger partial charge is 0.251 e. The Kier molecular flexibility index (Phi) is 5.09. The molecule has 1 heterocycles. The molecule has 0 aliphatic carbocycles. The summed E-state index contributed by atoms with van der Waals surface area (Å²) in [6.45, 7) is 2.50.